The van der Waals surface area contributed by atoms with Gasteiger partial charge in [-0.15, -0.1) is 0 Å². The van der Waals surface area contributed by atoms with E-state index in [9.17, 15) is 9.59 Å². The summed E-state index contributed by atoms with van der Waals surface area (Å²) in [5.41, 5.74) is 2.42. The molecule has 1 atom stereocenters. The number of carbonyl (C=O) groups excluding carboxylic acids is 2. The summed E-state index contributed by atoms with van der Waals surface area (Å²) >= 11 is 0. The summed E-state index contributed by atoms with van der Waals surface area (Å²) in [6.45, 7) is 0. The highest BCUT2D eigenvalue weighted by atomic mass is 19.1. The van der Waals surface area contributed by atoms with Gasteiger partial charge in [0.2, 0.25) is 0 Å². The molecule has 0 saturated carbocycles. The van der Waals surface area contributed by atoms with Gasteiger partial charge < -0.3 is 0 Å². The lowest BCUT2D eigenvalue weighted by atomic mass is 9.96. The summed E-state index contributed by atoms with van der Waals surface area (Å²) in [6, 6.07) is 26.9. The zero-order valence-electron chi connectivity index (χ0n) is 15.1. The number of imide groups is 1. The molecule has 1 aliphatic rings. The first-order valence-electron chi connectivity index (χ1n) is 9.08. The number of alkyl halides is 1. The fraction of sp³-hybridized carbons (Fsp3) is 0.0833. The van der Waals surface area contributed by atoms with E-state index in [1.165, 1.54) is 0 Å². The molecule has 2 amide bonds. The molecule has 0 fully saturated rings. The molecule has 3 aromatic carbocycles. The van der Waals surface area contributed by atoms with Crippen LogP contribution in [-0.2, 0) is 16.0 Å². The predicted octanol–water partition coefficient (Wildman–Crippen LogP) is 4.50. The largest absolute Gasteiger partial charge is 0.268 e. The van der Waals surface area contributed by atoms with Gasteiger partial charge in [0, 0.05) is 6.42 Å². The number of rotatable bonds is 5. The Morgan fingerprint density at radius 2 is 1.04 bits per heavy atom. The smallest absolute Gasteiger partial charge is 0.264 e. The second-order valence-corrected chi connectivity index (χ2v) is 6.59. The summed E-state index contributed by atoms with van der Waals surface area (Å²) in [6.07, 6.45) is -1.77. The van der Waals surface area contributed by atoms with Crippen LogP contribution in [0.1, 0.15) is 16.7 Å². The van der Waals surface area contributed by atoms with Gasteiger partial charge in [-0.05, 0) is 16.7 Å². The molecule has 138 valence electrons. The van der Waals surface area contributed by atoms with Crippen LogP contribution in [0.4, 0.5) is 4.39 Å². The summed E-state index contributed by atoms with van der Waals surface area (Å²) < 4.78 is 15.1. The quantitative estimate of drug-likeness (QED) is 0.489. The molecule has 3 nitrogen and oxygen atoms in total. The molecule has 1 heterocycles. The van der Waals surface area contributed by atoms with Crippen molar-refractivity contribution in [2.75, 3.05) is 0 Å². The minimum Gasteiger partial charge on any atom is -0.268 e. The summed E-state index contributed by atoms with van der Waals surface area (Å²) in [5, 5.41) is 0. The van der Waals surface area contributed by atoms with Gasteiger partial charge in [0.15, 0.2) is 6.30 Å². The lowest BCUT2D eigenvalue weighted by Gasteiger charge is -2.20. The Kier molecular flexibility index (Phi) is 4.85. The van der Waals surface area contributed by atoms with Crippen molar-refractivity contribution in [3.63, 3.8) is 0 Å². The highest BCUT2D eigenvalue weighted by Gasteiger charge is 2.43. The zero-order valence-corrected chi connectivity index (χ0v) is 15.1. The molecule has 1 aliphatic heterocycles. The van der Waals surface area contributed by atoms with Crippen LogP contribution in [-0.4, -0.2) is 23.0 Å². The molecular formula is C24H18FNO2. The van der Waals surface area contributed by atoms with Crippen molar-refractivity contribution in [2.45, 2.75) is 12.7 Å². The van der Waals surface area contributed by atoms with Crippen molar-refractivity contribution < 1.29 is 14.0 Å². The minimum atomic E-state index is -1.73. The van der Waals surface area contributed by atoms with E-state index in [2.05, 4.69) is 0 Å². The van der Waals surface area contributed by atoms with Crippen LogP contribution in [0.15, 0.2) is 91.0 Å². The number of benzene rings is 3. The second kappa shape index (κ2) is 7.61. The molecule has 1 unspecified atom stereocenters. The molecule has 0 aliphatic carbocycles. The molecule has 28 heavy (non-hydrogen) atoms. The molecule has 0 saturated heterocycles. The number of hydrogen-bond donors (Lipinski definition) is 0. The first-order valence-corrected chi connectivity index (χ1v) is 9.08. The second-order valence-electron chi connectivity index (χ2n) is 6.59. The average Bonchev–Trinajstić information content (AvgIpc) is 3.00. The lowest BCUT2D eigenvalue weighted by molar-refractivity contribution is -0.142. The molecule has 3 aromatic rings. The van der Waals surface area contributed by atoms with Crippen molar-refractivity contribution >= 4 is 23.0 Å². The highest BCUT2D eigenvalue weighted by Crippen LogP contribution is 2.37. The number of nitrogens with zero attached hydrogens (tertiary/aromatic N) is 1. The van der Waals surface area contributed by atoms with Gasteiger partial charge in [-0.25, -0.2) is 9.29 Å². The lowest BCUT2D eigenvalue weighted by Crippen LogP contribution is -2.39. The first kappa shape index (κ1) is 17.9. The SMILES string of the molecule is O=C1C(c2ccccc2)=C(c2ccccc2)C(=O)N1C(F)Cc1ccccc1. The van der Waals surface area contributed by atoms with Crippen LogP contribution >= 0.6 is 0 Å². The zero-order chi connectivity index (χ0) is 19.5. The Labute approximate surface area is 162 Å². The van der Waals surface area contributed by atoms with Crippen LogP contribution in [0.25, 0.3) is 11.1 Å². The standard InChI is InChI=1S/C24H18FNO2/c25-20(16-17-10-4-1-5-11-17)26-23(27)21(18-12-6-2-7-13-18)22(24(26)28)19-14-8-3-9-15-19/h1-15,20H,16H2. The third-order valence-corrected chi connectivity index (χ3v) is 4.77. The first-order chi connectivity index (χ1) is 13.7. The molecule has 0 spiro atoms. The third kappa shape index (κ3) is 3.25. The van der Waals surface area contributed by atoms with E-state index in [0.29, 0.717) is 11.1 Å². The Morgan fingerprint density at radius 3 is 1.46 bits per heavy atom. The van der Waals surface area contributed by atoms with Crippen LogP contribution < -0.4 is 0 Å². The monoisotopic (exact) mass is 371 g/mol. The van der Waals surface area contributed by atoms with Gasteiger partial charge in [0.25, 0.3) is 11.8 Å². The Bertz CT molecular complexity index is 968. The van der Waals surface area contributed by atoms with E-state index >= 15 is 4.39 Å². The maximum Gasteiger partial charge on any atom is 0.264 e. The van der Waals surface area contributed by atoms with Gasteiger partial charge >= 0.3 is 0 Å². The highest BCUT2D eigenvalue weighted by molar-refractivity contribution is 6.49. The summed E-state index contributed by atoms with van der Waals surface area (Å²) in [5.74, 6) is -1.20. The maximum atomic E-state index is 15.1. The predicted molar refractivity (Wildman–Crippen MR) is 107 cm³/mol. The molecule has 4 heteroatoms. The summed E-state index contributed by atoms with van der Waals surface area (Å²) in [7, 11) is 0. The molecule has 4 rings (SSSR count). The van der Waals surface area contributed by atoms with Crippen molar-refractivity contribution in [3.05, 3.63) is 108 Å². The molecule has 0 aromatic heterocycles. The minimum absolute atomic E-state index is 0.0392. The van der Waals surface area contributed by atoms with E-state index in [0.717, 1.165) is 10.5 Å². The third-order valence-electron chi connectivity index (χ3n) is 4.77. The van der Waals surface area contributed by atoms with Crippen LogP contribution in [0.5, 0.6) is 0 Å². The van der Waals surface area contributed by atoms with Crippen molar-refractivity contribution in [1.29, 1.82) is 0 Å². The van der Waals surface area contributed by atoms with Crippen LogP contribution in [0, 0.1) is 0 Å². The molecule has 0 radical (unpaired) electrons. The average molecular weight is 371 g/mol. The fourth-order valence-corrected chi connectivity index (χ4v) is 3.45. The van der Waals surface area contributed by atoms with Crippen molar-refractivity contribution in [3.8, 4) is 0 Å². The topological polar surface area (TPSA) is 37.4 Å². The molecular weight excluding hydrogens is 353 g/mol. The van der Waals surface area contributed by atoms with Gasteiger partial charge in [-0.1, -0.05) is 91.0 Å². The van der Waals surface area contributed by atoms with Gasteiger partial charge in [0.05, 0.1) is 11.1 Å². The molecule has 0 bridgehead atoms. The van der Waals surface area contributed by atoms with Crippen molar-refractivity contribution in [2.24, 2.45) is 0 Å². The fourth-order valence-electron chi connectivity index (χ4n) is 3.45. The van der Waals surface area contributed by atoms with Crippen LogP contribution in [0.2, 0.25) is 0 Å². The van der Waals surface area contributed by atoms with Gasteiger partial charge in [-0.3, -0.25) is 9.59 Å². The number of amides is 2. The van der Waals surface area contributed by atoms with Gasteiger partial charge in [0.1, 0.15) is 0 Å². The van der Waals surface area contributed by atoms with E-state index in [4.69, 9.17) is 0 Å². The van der Waals surface area contributed by atoms with E-state index in [1.807, 2.05) is 18.2 Å². The molecule has 0 N–H and O–H groups in total. The van der Waals surface area contributed by atoms with Gasteiger partial charge in [-0.2, -0.15) is 0 Å². The van der Waals surface area contributed by atoms with Crippen LogP contribution in [0.3, 0.4) is 0 Å². The Morgan fingerprint density at radius 1 is 0.643 bits per heavy atom. The summed E-state index contributed by atoms with van der Waals surface area (Å²) in [4.78, 5) is 27.0. The normalized spacial score (nSPS) is 15.2. The van der Waals surface area contributed by atoms with E-state index < -0.39 is 18.1 Å². The van der Waals surface area contributed by atoms with E-state index in [-0.39, 0.29) is 17.6 Å². The Hall–Kier alpha value is -3.53. The Balaban J connectivity index is 1.76. The number of hydrogen-bond acceptors (Lipinski definition) is 2. The van der Waals surface area contributed by atoms with E-state index in [1.54, 1.807) is 72.8 Å². The number of halogens is 1. The maximum absolute atomic E-state index is 15.1. The number of carbonyl (C=O) groups is 2. The van der Waals surface area contributed by atoms with Crippen molar-refractivity contribution in [1.82, 2.24) is 4.90 Å².